The third-order valence-electron chi connectivity index (χ3n) is 4.48. The molecule has 2 heterocycles. The Bertz CT molecular complexity index is 1120. The molecule has 2 aromatic carbocycles. The summed E-state index contributed by atoms with van der Waals surface area (Å²) in [5.74, 6) is 0.169. The van der Waals surface area contributed by atoms with Crippen LogP contribution in [0.2, 0.25) is 0 Å². The van der Waals surface area contributed by atoms with Crippen LogP contribution in [0.4, 0.5) is 0 Å². The van der Waals surface area contributed by atoms with Crippen molar-refractivity contribution in [1.82, 2.24) is 9.97 Å². The normalized spacial score (nSPS) is 11.1. The zero-order chi connectivity index (χ0) is 18.8. The highest BCUT2D eigenvalue weighted by atomic mass is 16.5. The molecule has 4 rings (SSSR count). The van der Waals surface area contributed by atoms with E-state index in [1.165, 1.54) is 0 Å². The predicted octanol–water partition coefficient (Wildman–Crippen LogP) is 3.54. The summed E-state index contributed by atoms with van der Waals surface area (Å²) in [4.78, 5) is 19.3. The first kappa shape index (κ1) is 17.1. The molecular formula is C21H19N3O3. The van der Waals surface area contributed by atoms with Gasteiger partial charge in [-0.2, -0.15) is 0 Å². The van der Waals surface area contributed by atoms with E-state index in [1.54, 1.807) is 13.3 Å². The Labute approximate surface area is 155 Å². The molecule has 0 atom stereocenters. The van der Waals surface area contributed by atoms with E-state index < -0.39 is 5.91 Å². The Balaban J connectivity index is 1.80. The maximum absolute atomic E-state index is 11.8. The van der Waals surface area contributed by atoms with E-state index in [4.69, 9.17) is 15.2 Å². The fraction of sp³-hybridized carbons (Fsp3) is 0.143. The summed E-state index contributed by atoms with van der Waals surface area (Å²) in [6, 6.07) is 15.8. The SMILES string of the molecule is COCc1c(C(N)=O)ncc2[nH]c3ccc(OCc4ccccc4)cc3c12. The van der Waals surface area contributed by atoms with E-state index in [0.717, 1.165) is 33.1 Å². The molecule has 6 nitrogen and oxygen atoms in total. The fourth-order valence-corrected chi connectivity index (χ4v) is 3.27. The van der Waals surface area contributed by atoms with Crippen LogP contribution in [-0.2, 0) is 18.0 Å². The van der Waals surface area contributed by atoms with Crippen LogP contribution in [-0.4, -0.2) is 23.0 Å². The number of benzene rings is 2. The average molecular weight is 361 g/mol. The van der Waals surface area contributed by atoms with Crippen LogP contribution in [0.15, 0.2) is 54.7 Å². The van der Waals surface area contributed by atoms with Gasteiger partial charge in [0.2, 0.25) is 0 Å². The van der Waals surface area contributed by atoms with Gasteiger partial charge in [-0.15, -0.1) is 0 Å². The first-order valence-electron chi connectivity index (χ1n) is 8.56. The molecule has 0 spiro atoms. The number of methoxy groups -OCH3 is 1. The van der Waals surface area contributed by atoms with Crippen LogP contribution in [0, 0.1) is 0 Å². The molecule has 2 aromatic heterocycles. The Morgan fingerprint density at radius 1 is 1.11 bits per heavy atom. The molecule has 0 unspecified atom stereocenters. The average Bonchev–Trinajstić information content (AvgIpc) is 3.05. The Kier molecular flexibility index (Phi) is 4.48. The zero-order valence-corrected chi connectivity index (χ0v) is 14.9. The number of carbonyl (C=O) groups excluding carboxylic acids is 1. The van der Waals surface area contributed by atoms with Gasteiger partial charge in [-0.3, -0.25) is 4.79 Å². The molecule has 27 heavy (non-hydrogen) atoms. The predicted molar refractivity (Wildman–Crippen MR) is 104 cm³/mol. The van der Waals surface area contributed by atoms with Crippen molar-refractivity contribution in [3.05, 3.63) is 71.5 Å². The number of hydrogen-bond donors (Lipinski definition) is 2. The standard InChI is InChI=1S/C21H19N3O3/c1-26-12-16-19-15-9-14(27-11-13-5-3-2-4-6-13)7-8-17(15)24-18(19)10-23-20(16)21(22)25/h2-10,24H,11-12H2,1H3,(H2,22,25). The van der Waals surface area contributed by atoms with Gasteiger partial charge in [0.25, 0.3) is 5.91 Å². The summed E-state index contributed by atoms with van der Waals surface area (Å²) in [6.45, 7) is 0.721. The number of hydrogen-bond acceptors (Lipinski definition) is 4. The summed E-state index contributed by atoms with van der Waals surface area (Å²) < 4.78 is 11.2. The maximum Gasteiger partial charge on any atom is 0.267 e. The number of pyridine rings is 1. The molecule has 0 fully saturated rings. The number of amides is 1. The van der Waals surface area contributed by atoms with Crippen LogP contribution in [0.3, 0.4) is 0 Å². The minimum Gasteiger partial charge on any atom is -0.489 e. The van der Waals surface area contributed by atoms with E-state index in [0.29, 0.717) is 12.2 Å². The number of aromatic nitrogens is 2. The molecule has 136 valence electrons. The maximum atomic E-state index is 11.8. The third-order valence-corrected chi connectivity index (χ3v) is 4.48. The van der Waals surface area contributed by atoms with Crippen molar-refractivity contribution in [2.75, 3.05) is 7.11 Å². The minimum atomic E-state index is -0.574. The van der Waals surface area contributed by atoms with Crippen molar-refractivity contribution < 1.29 is 14.3 Å². The summed E-state index contributed by atoms with van der Waals surface area (Å²) in [5, 5.41) is 1.81. The molecular weight excluding hydrogens is 342 g/mol. The molecule has 4 aromatic rings. The number of nitrogens with zero attached hydrogens (tertiary/aromatic N) is 1. The lowest BCUT2D eigenvalue weighted by Gasteiger charge is -2.08. The van der Waals surface area contributed by atoms with Crippen molar-refractivity contribution in [2.24, 2.45) is 5.73 Å². The monoisotopic (exact) mass is 361 g/mol. The Hall–Kier alpha value is -3.38. The van der Waals surface area contributed by atoms with Crippen molar-refractivity contribution >= 4 is 27.7 Å². The zero-order valence-electron chi connectivity index (χ0n) is 14.9. The number of ether oxygens (including phenoxy) is 2. The van der Waals surface area contributed by atoms with Crippen LogP contribution in [0.25, 0.3) is 21.8 Å². The summed E-state index contributed by atoms with van der Waals surface area (Å²) in [5.41, 5.74) is 9.24. The third kappa shape index (κ3) is 3.22. The second-order valence-corrected chi connectivity index (χ2v) is 6.28. The van der Waals surface area contributed by atoms with Gasteiger partial charge < -0.3 is 20.2 Å². The Morgan fingerprint density at radius 3 is 2.67 bits per heavy atom. The fourth-order valence-electron chi connectivity index (χ4n) is 3.27. The van der Waals surface area contributed by atoms with Crippen LogP contribution in [0.5, 0.6) is 5.75 Å². The molecule has 6 heteroatoms. The number of H-pyrrole nitrogens is 1. The highest BCUT2D eigenvalue weighted by molar-refractivity contribution is 6.11. The molecule has 0 saturated carbocycles. The minimum absolute atomic E-state index is 0.223. The van der Waals surface area contributed by atoms with Gasteiger partial charge >= 0.3 is 0 Å². The smallest absolute Gasteiger partial charge is 0.267 e. The second-order valence-electron chi connectivity index (χ2n) is 6.28. The van der Waals surface area contributed by atoms with Crippen LogP contribution in [0.1, 0.15) is 21.6 Å². The first-order chi connectivity index (χ1) is 13.2. The summed E-state index contributed by atoms with van der Waals surface area (Å²) in [6.07, 6.45) is 1.62. The lowest BCUT2D eigenvalue weighted by molar-refractivity contribution is 0.0990. The van der Waals surface area contributed by atoms with E-state index in [1.807, 2.05) is 48.5 Å². The molecule has 0 aliphatic carbocycles. The molecule has 0 aliphatic heterocycles. The van der Waals surface area contributed by atoms with E-state index in [-0.39, 0.29) is 12.3 Å². The summed E-state index contributed by atoms with van der Waals surface area (Å²) in [7, 11) is 1.58. The van der Waals surface area contributed by atoms with Gasteiger partial charge in [0.1, 0.15) is 18.1 Å². The van der Waals surface area contributed by atoms with E-state index >= 15 is 0 Å². The quantitative estimate of drug-likeness (QED) is 0.550. The highest BCUT2D eigenvalue weighted by Crippen LogP contribution is 2.32. The van der Waals surface area contributed by atoms with Gasteiger partial charge in [0.15, 0.2) is 0 Å². The number of nitrogens with two attached hydrogens (primary N) is 1. The van der Waals surface area contributed by atoms with Crippen molar-refractivity contribution in [3.8, 4) is 5.75 Å². The van der Waals surface area contributed by atoms with Gasteiger partial charge in [-0.1, -0.05) is 30.3 Å². The molecule has 0 saturated heterocycles. The lowest BCUT2D eigenvalue weighted by atomic mass is 10.1. The topological polar surface area (TPSA) is 90.2 Å². The largest absolute Gasteiger partial charge is 0.489 e. The van der Waals surface area contributed by atoms with Crippen molar-refractivity contribution in [2.45, 2.75) is 13.2 Å². The number of rotatable bonds is 6. The second kappa shape index (κ2) is 7.09. The van der Waals surface area contributed by atoms with E-state index in [2.05, 4.69) is 9.97 Å². The van der Waals surface area contributed by atoms with Crippen molar-refractivity contribution in [1.29, 1.82) is 0 Å². The van der Waals surface area contributed by atoms with Gasteiger partial charge in [-0.25, -0.2) is 4.98 Å². The van der Waals surface area contributed by atoms with Crippen LogP contribution < -0.4 is 10.5 Å². The molecule has 1 amide bonds. The number of nitrogens with one attached hydrogen (secondary N) is 1. The van der Waals surface area contributed by atoms with Gasteiger partial charge in [0.05, 0.1) is 18.3 Å². The molecule has 0 aliphatic rings. The Morgan fingerprint density at radius 2 is 1.93 bits per heavy atom. The van der Waals surface area contributed by atoms with Crippen molar-refractivity contribution in [3.63, 3.8) is 0 Å². The van der Waals surface area contributed by atoms with Gasteiger partial charge in [0, 0.05) is 29.0 Å². The highest BCUT2D eigenvalue weighted by Gasteiger charge is 2.17. The number of carbonyl (C=O) groups is 1. The van der Waals surface area contributed by atoms with Gasteiger partial charge in [-0.05, 0) is 23.8 Å². The molecule has 3 N–H and O–H groups in total. The number of aromatic amines is 1. The van der Waals surface area contributed by atoms with Crippen LogP contribution >= 0.6 is 0 Å². The number of primary amides is 1. The first-order valence-corrected chi connectivity index (χ1v) is 8.56. The number of fused-ring (bicyclic) bond motifs is 3. The lowest BCUT2D eigenvalue weighted by Crippen LogP contribution is -2.16. The van der Waals surface area contributed by atoms with E-state index in [9.17, 15) is 4.79 Å². The summed E-state index contributed by atoms with van der Waals surface area (Å²) >= 11 is 0. The molecule has 0 radical (unpaired) electrons. The molecule has 0 bridgehead atoms.